The summed E-state index contributed by atoms with van der Waals surface area (Å²) in [6.07, 6.45) is 1.55. The molecular weight excluding hydrogens is 430 g/mol. The molecule has 1 aliphatic heterocycles. The number of rotatable bonds is 6. The number of esters is 1. The molecule has 0 unspecified atom stereocenters. The van der Waals surface area contributed by atoms with Crippen molar-refractivity contribution in [1.82, 2.24) is 0 Å². The van der Waals surface area contributed by atoms with Crippen LogP contribution in [0.15, 0.2) is 88.4 Å². The van der Waals surface area contributed by atoms with Gasteiger partial charge in [-0.05, 0) is 67.1 Å². The summed E-state index contributed by atoms with van der Waals surface area (Å²) in [7, 11) is -2.37. The summed E-state index contributed by atoms with van der Waals surface area (Å²) in [5.41, 5.74) is 2.37. The summed E-state index contributed by atoms with van der Waals surface area (Å²) in [5.74, 6) is 0.469. The van der Waals surface area contributed by atoms with Crippen molar-refractivity contribution in [3.8, 4) is 11.5 Å². The Bertz CT molecular complexity index is 1310. The molecule has 3 aromatic rings. The molecule has 0 aromatic heterocycles. The minimum atomic E-state index is -3.94. The zero-order chi connectivity index (χ0) is 22.7. The van der Waals surface area contributed by atoms with E-state index in [0.29, 0.717) is 16.9 Å². The number of nitrogens with zero attached hydrogens (tertiary/aromatic N) is 1. The lowest BCUT2D eigenvalue weighted by atomic mass is 10.2. The highest BCUT2D eigenvalue weighted by atomic mass is 32.2. The molecule has 3 aromatic carbocycles. The minimum Gasteiger partial charge on any atom is -0.497 e. The van der Waals surface area contributed by atoms with Crippen LogP contribution in [0.5, 0.6) is 11.5 Å². The molecular formula is C24H19NO6S. The lowest BCUT2D eigenvalue weighted by Crippen LogP contribution is -2.09. The maximum Gasteiger partial charge on any atom is 0.363 e. The second-order valence-electron chi connectivity index (χ2n) is 6.98. The smallest absolute Gasteiger partial charge is 0.363 e. The number of hydrogen-bond acceptors (Lipinski definition) is 7. The maximum atomic E-state index is 12.4. The number of cyclic esters (lactones) is 1. The molecule has 8 heteroatoms. The lowest BCUT2D eigenvalue weighted by molar-refractivity contribution is -0.129. The molecule has 0 spiro atoms. The molecule has 0 saturated heterocycles. The third-order valence-electron chi connectivity index (χ3n) is 4.66. The molecule has 0 amide bonds. The van der Waals surface area contributed by atoms with E-state index in [2.05, 4.69) is 4.99 Å². The van der Waals surface area contributed by atoms with E-state index in [0.717, 1.165) is 5.56 Å². The number of aliphatic imine (C=N–C) groups is 1. The van der Waals surface area contributed by atoms with E-state index in [9.17, 15) is 13.2 Å². The van der Waals surface area contributed by atoms with Gasteiger partial charge in [-0.3, -0.25) is 0 Å². The third kappa shape index (κ3) is 4.70. The second kappa shape index (κ2) is 8.68. The molecule has 0 N–H and O–H groups in total. The zero-order valence-corrected chi connectivity index (χ0v) is 18.1. The summed E-state index contributed by atoms with van der Waals surface area (Å²) in [6, 6.07) is 19.6. The van der Waals surface area contributed by atoms with Gasteiger partial charge < -0.3 is 13.7 Å². The van der Waals surface area contributed by atoms with Crippen molar-refractivity contribution in [3.63, 3.8) is 0 Å². The van der Waals surface area contributed by atoms with Gasteiger partial charge >= 0.3 is 16.1 Å². The second-order valence-corrected chi connectivity index (χ2v) is 8.53. The molecule has 0 fully saturated rings. The Hall–Kier alpha value is -3.91. The van der Waals surface area contributed by atoms with Crippen molar-refractivity contribution in [2.45, 2.75) is 11.8 Å². The van der Waals surface area contributed by atoms with Gasteiger partial charge in [0.25, 0.3) is 0 Å². The highest BCUT2D eigenvalue weighted by Crippen LogP contribution is 2.23. The van der Waals surface area contributed by atoms with Crippen molar-refractivity contribution < 1.29 is 26.9 Å². The Balaban J connectivity index is 1.50. The van der Waals surface area contributed by atoms with Crippen LogP contribution in [0.25, 0.3) is 6.08 Å². The Labute approximate surface area is 185 Å². The number of aryl methyl sites for hydroxylation is 1. The van der Waals surface area contributed by atoms with Crippen LogP contribution in [0.3, 0.4) is 0 Å². The van der Waals surface area contributed by atoms with Crippen molar-refractivity contribution in [2.75, 3.05) is 7.11 Å². The topological polar surface area (TPSA) is 91.3 Å². The summed E-state index contributed by atoms with van der Waals surface area (Å²) < 4.78 is 40.4. The molecule has 1 aliphatic rings. The molecule has 162 valence electrons. The van der Waals surface area contributed by atoms with Gasteiger partial charge in [-0.25, -0.2) is 9.79 Å². The van der Waals surface area contributed by atoms with Gasteiger partial charge in [0.2, 0.25) is 5.90 Å². The van der Waals surface area contributed by atoms with E-state index in [1.165, 1.54) is 24.3 Å². The van der Waals surface area contributed by atoms with E-state index in [1.54, 1.807) is 61.7 Å². The molecule has 1 heterocycles. The standard InChI is InChI=1S/C24H19NO6S/c1-16-3-13-21(14-4-16)32(27,28)31-20-9-5-17(6-10-20)15-22-24(26)30-23(25-22)18-7-11-19(29-2)12-8-18/h3-15H,1-2H3/b22-15-. The third-order valence-corrected chi connectivity index (χ3v) is 5.92. The van der Waals surface area contributed by atoms with Crippen LogP contribution in [-0.2, 0) is 19.6 Å². The number of ether oxygens (including phenoxy) is 2. The van der Waals surface area contributed by atoms with Crippen molar-refractivity contribution in [3.05, 3.63) is 95.2 Å². The highest BCUT2D eigenvalue weighted by molar-refractivity contribution is 7.87. The van der Waals surface area contributed by atoms with Gasteiger partial charge in [-0.2, -0.15) is 8.42 Å². The van der Waals surface area contributed by atoms with Crippen molar-refractivity contribution >= 4 is 28.1 Å². The molecule has 7 nitrogen and oxygen atoms in total. The monoisotopic (exact) mass is 449 g/mol. The molecule has 4 rings (SSSR count). The number of hydrogen-bond donors (Lipinski definition) is 0. The molecule has 0 atom stereocenters. The largest absolute Gasteiger partial charge is 0.497 e. The normalized spacial score (nSPS) is 14.8. The molecule has 0 aliphatic carbocycles. The highest BCUT2D eigenvalue weighted by Gasteiger charge is 2.24. The first-order valence-corrected chi connectivity index (χ1v) is 11.0. The van der Waals surface area contributed by atoms with Gasteiger partial charge in [0, 0.05) is 5.56 Å². The Kier molecular flexibility index (Phi) is 5.79. The predicted molar refractivity (Wildman–Crippen MR) is 119 cm³/mol. The van der Waals surface area contributed by atoms with Gasteiger partial charge in [-0.1, -0.05) is 29.8 Å². The first-order chi connectivity index (χ1) is 15.3. The fraction of sp³-hybridized carbons (Fsp3) is 0.0833. The maximum absolute atomic E-state index is 12.4. The number of benzene rings is 3. The number of carbonyl (C=O) groups excluding carboxylic acids is 1. The number of methoxy groups -OCH3 is 1. The first kappa shape index (κ1) is 21.3. The van der Waals surface area contributed by atoms with Gasteiger partial charge in [0.1, 0.15) is 16.4 Å². The van der Waals surface area contributed by atoms with Crippen LogP contribution in [-0.4, -0.2) is 27.4 Å². The SMILES string of the molecule is COc1ccc(C2=N/C(=C\c3ccc(OS(=O)(=O)c4ccc(C)cc4)cc3)C(=O)O2)cc1. The quantitative estimate of drug-likeness (QED) is 0.319. The van der Waals surface area contributed by atoms with Gasteiger partial charge in [0.05, 0.1) is 7.11 Å². The van der Waals surface area contributed by atoms with Crippen LogP contribution >= 0.6 is 0 Å². The summed E-state index contributed by atoms with van der Waals surface area (Å²) in [5, 5.41) is 0. The Morgan fingerprint density at radius 2 is 1.50 bits per heavy atom. The predicted octanol–water partition coefficient (Wildman–Crippen LogP) is 4.12. The average molecular weight is 449 g/mol. The zero-order valence-electron chi connectivity index (χ0n) is 17.3. The molecule has 32 heavy (non-hydrogen) atoms. The van der Waals surface area contributed by atoms with Crippen LogP contribution < -0.4 is 8.92 Å². The van der Waals surface area contributed by atoms with E-state index < -0.39 is 16.1 Å². The van der Waals surface area contributed by atoms with E-state index >= 15 is 0 Å². The van der Waals surface area contributed by atoms with Crippen LogP contribution in [0.2, 0.25) is 0 Å². The average Bonchev–Trinajstić information content (AvgIpc) is 3.15. The van der Waals surface area contributed by atoms with Crippen LogP contribution in [0.1, 0.15) is 16.7 Å². The van der Waals surface area contributed by atoms with Crippen molar-refractivity contribution in [2.24, 2.45) is 4.99 Å². The van der Waals surface area contributed by atoms with E-state index in [4.69, 9.17) is 13.7 Å². The van der Waals surface area contributed by atoms with Gasteiger partial charge in [0.15, 0.2) is 5.70 Å². The summed E-state index contributed by atoms with van der Waals surface area (Å²) >= 11 is 0. The van der Waals surface area contributed by atoms with Crippen LogP contribution in [0.4, 0.5) is 0 Å². The molecule has 0 radical (unpaired) electrons. The summed E-state index contributed by atoms with van der Waals surface area (Å²) in [6.45, 7) is 1.87. The van der Waals surface area contributed by atoms with Gasteiger partial charge in [-0.15, -0.1) is 0 Å². The fourth-order valence-electron chi connectivity index (χ4n) is 2.92. The molecule has 0 saturated carbocycles. The Morgan fingerprint density at radius 3 is 2.12 bits per heavy atom. The first-order valence-electron chi connectivity index (χ1n) is 9.62. The minimum absolute atomic E-state index is 0.0726. The van der Waals surface area contributed by atoms with Crippen LogP contribution in [0, 0.1) is 6.92 Å². The summed E-state index contributed by atoms with van der Waals surface area (Å²) in [4.78, 5) is 16.5. The fourth-order valence-corrected chi connectivity index (χ4v) is 3.85. The van der Waals surface area contributed by atoms with Crippen molar-refractivity contribution in [1.29, 1.82) is 0 Å². The van der Waals surface area contributed by atoms with E-state index in [-0.39, 0.29) is 22.2 Å². The Morgan fingerprint density at radius 1 is 0.875 bits per heavy atom. The van der Waals surface area contributed by atoms with E-state index in [1.807, 2.05) is 6.92 Å². The number of carbonyl (C=O) groups is 1. The lowest BCUT2D eigenvalue weighted by Gasteiger charge is -2.07. The molecule has 0 bridgehead atoms.